The highest BCUT2D eigenvalue weighted by molar-refractivity contribution is 5.12. The van der Waals surface area contributed by atoms with E-state index in [9.17, 15) is 5.11 Å². The van der Waals surface area contributed by atoms with Crippen molar-refractivity contribution in [3.8, 4) is 0 Å². The molecule has 5 aliphatic rings. The summed E-state index contributed by atoms with van der Waals surface area (Å²) in [5.74, 6) is 4.87. The quantitative estimate of drug-likeness (QED) is 0.497. The molecule has 3 nitrogen and oxygen atoms in total. The van der Waals surface area contributed by atoms with Crippen molar-refractivity contribution in [2.24, 2.45) is 52.3 Å². The van der Waals surface area contributed by atoms with E-state index >= 15 is 0 Å². The van der Waals surface area contributed by atoms with Gasteiger partial charge >= 0.3 is 0 Å². The minimum Gasteiger partial charge on any atom is -0.389 e. The predicted octanol–water partition coefficient (Wildman–Crippen LogP) is 6.60. The van der Waals surface area contributed by atoms with Gasteiger partial charge in [0.2, 0.25) is 0 Å². The molecule has 5 rings (SSSR count). The average molecular weight is 445 g/mol. The minimum absolute atomic E-state index is 0.235. The number of aliphatic hydroxyl groups excluding tert-OH is 1. The zero-order chi connectivity index (χ0) is 22.7. The molecule has 182 valence electrons. The first-order chi connectivity index (χ1) is 15.2. The summed E-state index contributed by atoms with van der Waals surface area (Å²) in [7, 11) is 0. The van der Waals surface area contributed by atoms with Crippen LogP contribution in [0.15, 0.2) is 12.2 Å². The van der Waals surface area contributed by atoms with Crippen molar-refractivity contribution >= 4 is 0 Å². The third-order valence-corrected chi connectivity index (χ3v) is 11.5. The number of aliphatic hydroxyl groups is 1. The Morgan fingerprint density at radius 1 is 0.812 bits per heavy atom. The highest BCUT2D eigenvalue weighted by atomic mass is 16.7. The minimum atomic E-state index is -0.309. The van der Waals surface area contributed by atoms with Crippen molar-refractivity contribution in [3.05, 3.63) is 12.2 Å². The molecule has 4 saturated carbocycles. The van der Waals surface area contributed by atoms with E-state index in [4.69, 9.17) is 9.47 Å². The van der Waals surface area contributed by atoms with Gasteiger partial charge in [0.05, 0.1) is 19.3 Å². The molecule has 4 aliphatic carbocycles. The number of rotatable bonds is 4. The summed E-state index contributed by atoms with van der Waals surface area (Å²) in [5.41, 5.74) is 0.959. The lowest BCUT2D eigenvalue weighted by molar-refractivity contribution is -0.229. The molecular weight excluding hydrogens is 396 g/mol. The number of allylic oxidation sites excluding steroid dienone is 1. The summed E-state index contributed by atoms with van der Waals surface area (Å²) < 4.78 is 12.3. The van der Waals surface area contributed by atoms with E-state index in [2.05, 4.69) is 46.8 Å². The third kappa shape index (κ3) is 3.64. The molecule has 1 saturated heterocycles. The van der Waals surface area contributed by atoms with Gasteiger partial charge in [-0.05, 0) is 97.2 Å². The van der Waals surface area contributed by atoms with Gasteiger partial charge in [-0.25, -0.2) is 0 Å². The topological polar surface area (TPSA) is 38.7 Å². The Balaban J connectivity index is 1.31. The first-order valence-corrected chi connectivity index (χ1v) is 13.8. The third-order valence-electron chi connectivity index (χ3n) is 11.5. The van der Waals surface area contributed by atoms with Crippen molar-refractivity contribution in [2.45, 2.75) is 104 Å². The van der Waals surface area contributed by atoms with Crippen molar-refractivity contribution in [2.75, 3.05) is 13.2 Å². The Labute approximate surface area is 196 Å². The van der Waals surface area contributed by atoms with Gasteiger partial charge in [0, 0.05) is 12.8 Å². The molecule has 0 unspecified atom stereocenters. The zero-order valence-electron chi connectivity index (χ0n) is 21.3. The van der Waals surface area contributed by atoms with Crippen LogP contribution in [-0.2, 0) is 9.47 Å². The molecule has 1 heterocycles. The number of hydrogen-bond acceptors (Lipinski definition) is 3. The van der Waals surface area contributed by atoms with Gasteiger partial charge in [-0.3, -0.25) is 0 Å². The van der Waals surface area contributed by atoms with Crippen LogP contribution in [-0.4, -0.2) is 30.2 Å². The Kier molecular flexibility index (Phi) is 6.12. The lowest BCUT2D eigenvalue weighted by atomic mass is 9.44. The molecule has 0 radical (unpaired) electrons. The molecule has 1 spiro atoms. The van der Waals surface area contributed by atoms with Crippen LogP contribution in [0.4, 0.5) is 0 Å². The van der Waals surface area contributed by atoms with Crippen LogP contribution in [0.3, 0.4) is 0 Å². The van der Waals surface area contributed by atoms with E-state index in [0.29, 0.717) is 22.7 Å². The highest BCUT2D eigenvalue weighted by Crippen LogP contribution is 2.69. The summed E-state index contributed by atoms with van der Waals surface area (Å²) in [6.07, 6.45) is 16.0. The van der Waals surface area contributed by atoms with Crippen LogP contribution in [0.1, 0.15) is 92.4 Å². The maximum atomic E-state index is 10.3. The summed E-state index contributed by atoms with van der Waals surface area (Å²) in [4.78, 5) is 0. The highest BCUT2D eigenvalue weighted by Gasteiger charge is 2.62. The zero-order valence-corrected chi connectivity index (χ0v) is 21.3. The van der Waals surface area contributed by atoms with Gasteiger partial charge in [0.15, 0.2) is 5.79 Å². The van der Waals surface area contributed by atoms with Crippen LogP contribution >= 0.6 is 0 Å². The SMILES string of the molecule is CC(C)[C@H](O)/C=C/[C@@H](C)[C@H]1CC[C@H]2[C@@H]3CC[C@H]4CC5(CC[C@]4(C)[C@H]3CC[C@]12C)OCCO5. The molecule has 0 amide bonds. The van der Waals surface area contributed by atoms with Gasteiger partial charge in [-0.1, -0.05) is 46.8 Å². The van der Waals surface area contributed by atoms with Crippen LogP contribution in [0.5, 0.6) is 0 Å². The van der Waals surface area contributed by atoms with Crippen molar-refractivity contribution in [1.82, 2.24) is 0 Å². The van der Waals surface area contributed by atoms with E-state index in [1.165, 1.54) is 44.9 Å². The molecular formula is C29H48O3. The van der Waals surface area contributed by atoms with Gasteiger partial charge < -0.3 is 14.6 Å². The first-order valence-electron chi connectivity index (χ1n) is 13.8. The molecule has 0 aromatic heterocycles. The van der Waals surface area contributed by atoms with Crippen LogP contribution < -0.4 is 0 Å². The normalized spacial score (nSPS) is 47.4. The van der Waals surface area contributed by atoms with Crippen molar-refractivity contribution < 1.29 is 14.6 Å². The average Bonchev–Trinajstić information content (AvgIpc) is 3.36. The second-order valence-corrected chi connectivity index (χ2v) is 13.2. The Bertz CT molecular complexity index is 709. The fraction of sp³-hybridized carbons (Fsp3) is 0.931. The number of fused-ring (bicyclic) bond motifs is 5. The Morgan fingerprint density at radius 2 is 1.53 bits per heavy atom. The van der Waals surface area contributed by atoms with Crippen LogP contribution in [0, 0.1) is 52.3 Å². The summed E-state index contributed by atoms with van der Waals surface area (Å²) >= 11 is 0. The molecule has 0 aromatic rings. The van der Waals surface area contributed by atoms with Gasteiger partial charge in [-0.2, -0.15) is 0 Å². The lowest BCUT2D eigenvalue weighted by Gasteiger charge is -2.62. The van der Waals surface area contributed by atoms with Crippen molar-refractivity contribution in [3.63, 3.8) is 0 Å². The largest absolute Gasteiger partial charge is 0.389 e. The van der Waals surface area contributed by atoms with Crippen LogP contribution in [0.2, 0.25) is 0 Å². The standard InChI is InChI=1S/C29H48O3/c1-19(2)26(30)11-6-20(3)23-9-10-24-22-8-7-21-18-29(31-16-17-32-29)15-14-27(21,4)25(22)12-13-28(23,24)5/h6,11,19-26,30H,7-10,12-18H2,1-5H3/b11-6+/t20-,21+,22+,23-,24+,25+,26-,27+,28-/m1/s1. The van der Waals surface area contributed by atoms with Gasteiger partial charge in [0.25, 0.3) is 0 Å². The van der Waals surface area contributed by atoms with Gasteiger partial charge in [-0.15, -0.1) is 0 Å². The Hall–Kier alpha value is -0.380. The Morgan fingerprint density at radius 3 is 2.25 bits per heavy atom. The van der Waals surface area contributed by atoms with E-state index in [-0.39, 0.29) is 11.9 Å². The van der Waals surface area contributed by atoms with Gasteiger partial charge in [0.1, 0.15) is 0 Å². The summed E-state index contributed by atoms with van der Waals surface area (Å²) in [6, 6.07) is 0. The number of ether oxygens (including phenoxy) is 2. The maximum absolute atomic E-state index is 10.3. The monoisotopic (exact) mass is 444 g/mol. The second kappa shape index (κ2) is 8.38. The molecule has 0 bridgehead atoms. The molecule has 0 aromatic carbocycles. The number of hydrogen-bond donors (Lipinski definition) is 1. The van der Waals surface area contributed by atoms with Crippen molar-refractivity contribution in [1.29, 1.82) is 0 Å². The molecule has 5 fully saturated rings. The predicted molar refractivity (Wildman–Crippen MR) is 129 cm³/mol. The molecule has 32 heavy (non-hydrogen) atoms. The van der Waals surface area contributed by atoms with Crippen LogP contribution in [0.25, 0.3) is 0 Å². The second-order valence-electron chi connectivity index (χ2n) is 13.2. The maximum Gasteiger partial charge on any atom is 0.168 e. The summed E-state index contributed by atoms with van der Waals surface area (Å²) in [5, 5.41) is 10.3. The van der Waals surface area contributed by atoms with E-state index < -0.39 is 0 Å². The van der Waals surface area contributed by atoms with E-state index in [0.717, 1.165) is 55.6 Å². The first kappa shape index (κ1) is 23.4. The van der Waals surface area contributed by atoms with E-state index in [1.807, 2.05) is 0 Å². The fourth-order valence-corrected chi connectivity index (χ4v) is 9.51. The summed E-state index contributed by atoms with van der Waals surface area (Å²) in [6.45, 7) is 13.5. The molecule has 1 N–H and O–H groups in total. The lowest BCUT2D eigenvalue weighted by Crippen LogP contribution is -2.56. The van der Waals surface area contributed by atoms with E-state index in [1.54, 1.807) is 0 Å². The molecule has 3 heteroatoms. The fourth-order valence-electron chi connectivity index (χ4n) is 9.51. The molecule has 1 aliphatic heterocycles. The smallest absolute Gasteiger partial charge is 0.168 e. The molecule has 9 atom stereocenters.